The smallest absolute Gasteiger partial charge is 0.230 e. The number of hydrogen-bond acceptors (Lipinski definition) is 3. The molecule has 4 heteroatoms. The Morgan fingerprint density at radius 1 is 1.00 bits per heavy atom. The highest BCUT2D eigenvalue weighted by molar-refractivity contribution is 5.84. The standard InChI is InChI=1S/C21H27N3O/c1-7-17(8-2)24-19-11-16(6)23-21(18(19)12-22-24)25-20-14(4)9-13(3)10-15(20)5/h9-12,17H,7-8H2,1-6H3. The van der Waals surface area contributed by atoms with Gasteiger partial charge in [0.1, 0.15) is 5.75 Å². The van der Waals surface area contributed by atoms with Crippen LogP contribution in [0.4, 0.5) is 0 Å². The molecular weight excluding hydrogens is 310 g/mol. The average Bonchev–Trinajstić information content (AvgIpc) is 2.96. The van der Waals surface area contributed by atoms with E-state index in [0.29, 0.717) is 11.9 Å². The summed E-state index contributed by atoms with van der Waals surface area (Å²) in [6.07, 6.45) is 4.00. The van der Waals surface area contributed by atoms with Crippen molar-refractivity contribution in [1.82, 2.24) is 14.8 Å². The summed E-state index contributed by atoms with van der Waals surface area (Å²) in [5, 5.41) is 5.61. The van der Waals surface area contributed by atoms with Gasteiger partial charge < -0.3 is 4.74 Å². The third-order valence-corrected chi connectivity index (χ3v) is 4.78. The van der Waals surface area contributed by atoms with Gasteiger partial charge in [-0.25, -0.2) is 4.98 Å². The van der Waals surface area contributed by atoms with Gasteiger partial charge in [-0.1, -0.05) is 31.5 Å². The Labute approximate surface area is 149 Å². The fourth-order valence-corrected chi connectivity index (χ4v) is 3.56. The largest absolute Gasteiger partial charge is 0.438 e. The molecule has 0 unspecified atom stereocenters. The molecule has 0 spiro atoms. The Kier molecular flexibility index (Phi) is 4.80. The predicted octanol–water partition coefficient (Wildman–Crippen LogP) is 5.82. The van der Waals surface area contributed by atoms with E-state index < -0.39 is 0 Å². The third kappa shape index (κ3) is 3.26. The quantitative estimate of drug-likeness (QED) is 0.589. The summed E-state index contributed by atoms with van der Waals surface area (Å²) in [6, 6.07) is 6.78. The van der Waals surface area contributed by atoms with Gasteiger partial charge in [0.15, 0.2) is 0 Å². The van der Waals surface area contributed by atoms with E-state index in [1.807, 2.05) is 13.1 Å². The highest BCUT2D eigenvalue weighted by Crippen LogP contribution is 2.34. The molecule has 132 valence electrons. The summed E-state index contributed by atoms with van der Waals surface area (Å²) in [7, 11) is 0. The number of aryl methyl sites for hydroxylation is 4. The normalized spacial score (nSPS) is 11.5. The lowest BCUT2D eigenvalue weighted by Crippen LogP contribution is -2.08. The molecule has 0 aliphatic carbocycles. The molecule has 4 nitrogen and oxygen atoms in total. The first-order chi connectivity index (χ1) is 11.9. The molecule has 0 radical (unpaired) electrons. The molecule has 0 saturated heterocycles. The van der Waals surface area contributed by atoms with E-state index >= 15 is 0 Å². The number of nitrogens with zero attached hydrogens (tertiary/aromatic N) is 3. The van der Waals surface area contributed by atoms with E-state index in [2.05, 4.69) is 67.6 Å². The van der Waals surface area contributed by atoms with Gasteiger partial charge >= 0.3 is 0 Å². The van der Waals surface area contributed by atoms with Gasteiger partial charge in [-0.3, -0.25) is 4.68 Å². The van der Waals surface area contributed by atoms with E-state index in [-0.39, 0.29) is 0 Å². The fourth-order valence-electron chi connectivity index (χ4n) is 3.56. The molecule has 0 aliphatic heterocycles. The summed E-state index contributed by atoms with van der Waals surface area (Å²) in [4.78, 5) is 4.65. The van der Waals surface area contributed by atoms with Gasteiger partial charge in [0.2, 0.25) is 5.88 Å². The summed E-state index contributed by atoms with van der Waals surface area (Å²) < 4.78 is 8.40. The molecule has 3 aromatic rings. The summed E-state index contributed by atoms with van der Waals surface area (Å²) in [5.41, 5.74) is 5.53. The van der Waals surface area contributed by atoms with Crippen molar-refractivity contribution in [2.24, 2.45) is 0 Å². The van der Waals surface area contributed by atoms with Crippen molar-refractivity contribution in [2.45, 2.75) is 60.4 Å². The van der Waals surface area contributed by atoms with Gasteiger partial charge in [0.25, 0.3) is 0 Å². The molecule has 0 amide bonds. The maximum Gasteiger partial charge on any atom is 0.230 e. The fraction of sp³-hybridized carbons (Fsp3) is 0.429. The second kappa shape index (κ2) is 6.87. The Morgan fingerprint density at radius 2 is 1.64 bits per heavy atom. The number of ether oxygens (including phenoxy) is 1. The molecule has 0 saturated carbocycles. The van der Waals surface area contributed by atoms with Crippen molar-refractivity contribution in [3.8, 4) is 11.6 Å². The van der Waals surface area contributed by atoms with Gasteiger partial charge in [0.05, 0.1) is 23.1 Å². The Balaban J connectivity index is 2.12. The number of benzene rings is 1. The van der Waals surface area contributed by atoms with Crippen molar-refractivity contribution in [1.29, 1.82) is 0 Å². The highest BCUT2D eigenvalue weighted by atomic mass is 16.5. The van der Waals surface area contributed by atoms with Gasteiger partial charge in [-0.05, 0) is 57.7 Å². The second-order valence-corrected chi connectivity index (χ2v) is 6.89. The minimum atomic E-state index is 0.398. The van der Waals surface area contributed by atoms with Crippen LogP contribution in [0.3, 0.4) is 0 Å². The van der Waals surface area contributed by atoms with Gasteiger partial charge in [0, 0.05) is 5.69 Å². The lowest BCUT2D eigenvalue weighted by Gasteiger charge is -2.16. The molecule has 0 fully saturated rings. The number of hydrogen-bond donors (Lipinski definition) is 0. The van der Waals surface area contributed by atoms with E-state index in [0.717, 1.165) is 46.3 Å². The van der Waals surface area contributed by atoms with Crippen LogP contribution in [-0.2, 0) is 0 Å². The monoisotopic (exact) mass is 337 g/mol. The molecule has 0 N–H and O–H groups in total. The summed E-state index contributed by atoms with van der Waals surface area (Å²) >= 11 is 0. The van der Waals surface area contributed by atoms with Gasteiger partial charge in [-0.15, -0.1) is 0 Å². The molecule has 0 atom stereocenters. The van der Waals surface area contributed by atoms with Crippen LogP contribution in [0.1, 0.15) is 55.1 Å². The van der Waals surface area contributed by atoms with Crippen LogP contribution < -0.4 is 4.74 Å². The van der Waals surface area contributed by atoms with Crippen molar-refractivity contribution in [2.75, 3.05) is 0 Å². The van der Waals surface area contributed by atoms with Gasteiger partial charge in [-0.2, -0.15) is 5.10 Å². The topological polar surface area (TPSA) is 39.9 Å². The van der Waals surface area contributed by atoms with Crippen LogP contribution >= 0.6 is 0 Å². The first kappa shape index (κ1) is 17.5. The predicted molar refractivity (Wildman–Crippen MR) is 103 cm³/mol. The Morgan fingerprint density at radius 3 is 2.24 bits per heavy atom. The number of fused-ring (bicyclic) bond motifs is 1. The highest BCUT2D eigenvalue weighted by Gasteiger charge is 2.17. The van der Waals surface area contributed by atoms with Crippen molar-refractivity contribution in [3.05, 3.63) is 46.8 Å². The molecule has 0 bridgehead atoms. The second-order valence-electron chi connectivity index (χ2n) is 6.89. The SMILES string of the molecule is CCC(CC)n1ncc2c(Oc3c(C)cc(C)cc3C)nc(C)cc21. The average molecular weight is 337 g/mol. The van der Waals surface area contributed by atoms with Crippen molar-refractivity contribution < 1.29 is 4.74 Å². The molecule has 2 heterocycles. The zero-order chi connectivity index (χ0) is 18.1. The van der Waals surface area contributed by atoms with Crippen molar-refractivity contribution >= 4 is 10.9 Å². The molecule has 25 heavy (non-hydrogen) atoms. The zero-order valence-corrected chi connectivity index (χ0v) is 16.1. The van der Waals surface area contributed by atoms with E-state index in [1.54, 1.807) is 0 Å². The summed E-state index contributed by atoms with van der Waals surface area (Å²) in [5.74, 6) is 1.53. The minimum absolute atomic E-state index is 0.398. The third-order valence-electron chi connectivity index (χ3n) is 4.78. The maximum absolute atomic E-state index is 6.28. The molecular formula is C21H27N3O. The zero-order valence-electron chi connectivity index (χ0n) is 16.1. The van der Waals surface area contributed by atoms with E-state index in [4.69, 9.17) is 4.74 Å². The molecule has 2 aromatic heterocycles. The molecule has 3 rings (SSSR count). The first-order valence-electron chi connectivity index (χ1n) is 9.05. The first-order valence-corrected chi connectivity index (χ1v) is 9.05. The summed E-state index contributed by atoms with van der Waals surface area (Å²) in [6.45, 7) is 12.7. The molecule has 1 aromatic carbocycles. The maximum atomic E-state index is 6.28. The lowest BCUT2D eigenvalue weighted by atomic mass is 10.1. The number of rotatable bonds is 5. The van der Waals surface area contributed by atoms with Crippen molar-refractivity contribution in [3.63, 3.8) is 0 Å². The van der Waals surface area contributed by atoms with Crippen LogP contribution in [0, 0.1) is 27.7 Å². The lowest BCUT2D eigenvalue weighted by molar-refractivity contribution is 0.440. The van der Waals surface area contributed by atoms with Crippen LogP contribution in [0.5, 0.6) is 11.6 Å². The Bertz CT molecular complexity index is 884. The van der Waals surface area contributed by atoms with Crippen LogP contribution in [0.2, 0.25) is 0 Å². The van der Waals surface area contributed by atoms with E-state index in [9.17, 15) is 0 Å². The van der Waals surface area contributed by atoms with Crippen LogP contribution in [-0.4, -0.2) is 14.8 Å². The van der Waals surface area contributed by atoms with E-state index in [1.165, 1.54) is 5.56 Å². The molecule has 0 aliphatic rings. The minimum Gasteiger partial charge on any atom is -0.438 e. The van der Waals surface area contributed by atoms with Crippen LogP contribution in [0.25, 0.3) is 10.9 Å². The number of aromatic nitrogens is 3. The van der Waals surface area contributed by atoms with Crippen LogP contribution in [0.15, 0.2) is 24.4 Å². The Hall–Kier alpha value is -2.36. The number of pyridine rings is 1.